The Hall–Kier alpha value is -2.70. The number of morpholine rings is 1. The fourth-order valence-electron chi connectivity index (χ4n) is 5.25. The molecule has 1 unspecified atom stereocenters. The van der Waals surface area contributed by atoms with Gasteiger partial charge in [0.15, 0.2) is 0 Å². The van der Waals surface area contributed by atoms with E-state index in [0.29, 0.717) is 43.7 Å². The van der Waals surface area contributed by atoms with Crippen LogP contribution in [-0.2, 0) is 11.3 Å². The number of aliphatic hydroxyl groups excluding tert-OH is 1. The summed E-state index contributed by atoms with van der Waals surface area (Å²) in [5.74, 6) is 0.900. The Morgan fingerprint density at radius 3 is 2.56 bits per heavy atom. The Morgan fingerprint density at radius 2 is 1.81 bits per heavy atom. The number of pyridine rings is 1. The van der Waals surface area contributed by atoms with Gasteiger partial charge in [0.1, 0.15) is 5.52 Å². The minimum Gasteiger partial charge on any atom is -0.388 e. The number of nitrogens with zero attached hydrogens (tertiary/aromatic N) is 3. The number of amides is 1. The highest BCUT2D eigenvalue weighted by Gasteiger charge is 2.29. The number of hydrogen-bond donors (Lipinski definition) is 1. The maximum absolute atomic E-state index is 13.2. The fraction of sp³-hybridized carbons (Fsp3) is 0.462. The predicted octanol–water partition coefficient (Wildman–Crippen LogP) is 4.05. The normalized spacial score (nSPS) is 22.7. The number of rotatable bonds is 5. The molecule has 1 aliphatic heterocycles. The Kier molecular flexibility index (Phi) is 6.23. The number of ether oxygens (including phenoxy) is 1. The van der Waals surface area contributed by atoms with Crippen LogP contribution in [0.25, 0.3) is 11.0 Å². The van der Waals surface area contributed by atoms with Gasteiger partial charge < -0.3 is 19.3 Å². The zero-order valence-corrected chi connectivity index (χ0v) is 18.4. The smallest absolute Gasteiger partial charge is 0.257 e. The molecule has 6 nitrogen and oxygen atoms in total. The Labute approximate surface area is 188 Å². The summed E-state index contributed by atoms with van der Waals surface area (Å²) in [6.45, 7) is 3.33. The number of aliphatic hydroxyl groups is 1. The molecule has 0 radical (unpaired) electrons. The van der Waals surface area contributed by atoms with Crippen molar-refractivity contribution in [3.05, 3.63) is 66.0 Å². The highest BCUT2D eigenvalue weighted by molar-refractivity contribution is 6.05. The first-order valence-electron chi connectivity index (χ1n) is 11.7. The van der Waals surface area contributed by atoms with E-state index in [4.69, 9.17) is 4.74 Å². The molecule has 32 heavy (non-hydrogen) atoms. The van der Waals surface area contributed by atoms with Gasteiger partial charge in [-0.05, 0) is 55.2 Å². The van der Waals surface area contributed by atoms with Crippen LogP contribution in [-0.4, -0.2) is 51.8 Å². The van der Waals surface area contributed by atoms with Gasteiger partial charge in [-0.15, -0.1) is 0 Å². The Morgan fingerprint density at radius 1 is 1.06 bits per heavy atom. The summed E-state index contributed by atoms with van der Waals surface area (Å²) in [4.78, 5) is 19.6. The average molecular weight is 434 g/mol. The van der Waals surface area contributed by atoms with E-state index in [-0.39, 0.29) is 12.0 Å². The summed E-state index contributed by atoms with van der Waals surface area (Å²) in [7, 11) is 0. The van der Waals surface area contributed by atoms with Crippen molar-refractivity contribution in [3.8, 4) is 0 Å². The lowest BCUT2D eigenvalue weighted by Gasteiger charge is -2.32. The number of benzene rings is 1. The highest BCUT2D eigenvalue weighted by Crippen LogP contribution is 2.38. The summed E-state index contributed by atoms with van der Waals surface area (Å²) in [5, 5.41) is 10.8. The summed E-state index contributed by atoms with van der Waals surface area (Å²) in [5.41, 5.74) is 3.52. The molecule has 0 spiro atoms. The summed E-state index contributed by atoms with van der Waals surface area (Å²) >= 11 is 0. The molecule has 1 saturated heterocycles. The first-order chi connectivity index (χ1) is 15.7. The van der Waals surface area contributed by atoms with E-state index in [2.05, 4.69) is 15.6 Å². The minimum absolute atomic E-state index is 0.0467. The SMILES string of the molecule is O=C(c1cn(CC2CCC(C(O)c3ccccc3)CC2)c2cccnc12)N1CCOCC1. The van der Waals surface area contributed by atoms with Gasteiger partial charge in [0.2, 0.25) is 0 Å². The van der Waals surface area contributed by atoms with Crippen molar-refractivity contribution in [2.45, 2.75) is 38.3 Å². The first kappa shape index (κ1) is 21.2. The Balaban J connectivity index is 1.28. The third-order valence-electron chi connectivity index (χ3n) is 7.10. The molecule has 2 aromatic heterocycles. The molecule has 1 amide bonds. The van der Waals surface area contributed by atoms with Crippen molar-refractivity contribution in [3.63, 3.8) is 0 Å². The molecule has 5 rings (SSSR count). The van der Waals surface area contributed by atoms with Crippen LogP contribution in [0.3, 0.4) is 0 Å². The van der Waals surface area contributed by atoms with Crippen LogP contribution in [0.4, 0.5) is 0 Å². The van der Waals surface area contributed by atoms with Crippen LogP contribution < -0.4 is 0 Å². The third-order valence-corrected chi connectivity index (χ3v) is 7.10. The molecule has 6 heteroatoms. The molecule has 168 valence electrons. The lowest BCUT2D eigenvalue weighted by molar-refractivity contribution is 0.0304. The fourth-order valence-corrected chi connectivity index (χ4v) is 5.25. The lowest BCUT2D eigenvalue weighted by atomic mass is 9.78. The second-order valence-electron chi connectivity index (χ2n) is 9.11. The van der Waals surface area contributed by atoms with Gasteiger partial charge in [0, 0.05) is 32.0 Å². The van der Waals surface area contributed by atoms with E-state index in [1.807, 2.05) is 47.5 Å². The maximum atomic E-state index is 13.2. The van der Waals surface area contributed by atoms with Crippen LogP contribution in [0.15, 0.2) is 54.9 Å². The van der Waals surface area contributed by atoms with E-state index in [1.54, 1.807) is 6.20 Å². The van der Waals surface area contributed by atoms with Crippen LogP contribution in [0.2, 0.25) is 0 Å². The predicted molar refractivity (Wildman–Crippen MR) is 123 cm³/mol. The highest BCUT2D eigenvalue weighted by atomic mass is 16.5. The molecule has 0 bridgehead atoms. The summed E-state index contributed by atoms with van der Waals surface area (Å²) in [6.07, 6.45) is 7.60. The zero-order valence-electron chi connectivity index (χ0n) is 18.4. The van der Waals surface area contributed by atoms with Crippen molar-refractivity contribution in [1.29, 1.82) is 0 Å². The van der Waals surface area contributed by atoms with Crippen LogP contribution in [0, 0.1) is 11.8 Å². The molecule has 2 fully saturated rings. The van der Waals surface area contributed by atoms with Gasteiger partial charge in [-0.25, -0.2) is 0 Å². The van der Waals surface area contributed by atoms with Gasteiger partial charge in [0.05, 0.1) is 30.4 Å². The van der Waals surface area contributed by atoms with E-state index in [1.165, 1.54) is 0 Å². The lowest BCUT2D eigenvalue weighted by Crippen LogP contribution is -2.40. The first-order valence-corrected chi connectivity index (χ1v) is 11.7. The maximum Gasteiger partial charge on any atom is 0.257 e. The molecule has 1 N–H and O–H groups in total. The van der Waals surface area contributed by atoms with Gasteiger partial charge >= 0.3 is 0 Å². The van der Waals surface area contributed by atoms with Crippen LogP contribution >= 0.6 is 0 Å². The minimum atomic E-state index is -0.383. The molecule has 1 aromatic carbocycles. The van der Waals surface area contributed by atoms with E-state index in [0.717, 1.165) is 48.8 Å². The van der Waals surface area contributed by atoms with E-state index in [9.17, 15) is 9.90 Å². The van der Waals surface area contributed by atoms with E-state index >= 15 is 0 Å². The van der Waals surface area contributed by atoms with Crippen molar-refractivity contribution in [1.82, 2.24) is 14.5 Å². The molecule has 2 aliphatic rings. The summed E-state index contributed by atoms with van der Waals surface area (Å²) < 4.78 is 7.62. The number of hydrogen-bond acceptors (Lipinski definition) is 4. The van der Waals surface area contributed by atoms with Gasteiger partial charge in [-0.2, -0.15) is 0 Å². The molecule has 3 aromatic rings. The van der Waals surface area contributed by atoms with Gasteiger partial charge in [-0.1, -0.05) is 30.3 Å². The molecule has 1 saturated carbocycles. The van der Waals surface area contributed by atoms with Crippen LogP contribution in [0.5, 0.6) is 0 Å². The number of carbonyl (C=O) groups excluding carboxylic acids is 1. The van der Waals surface area contributed by atoms with E-state index < -0.39 is 0 Å². The van der Waals surface area contributed by atoms with Crippen molar-refractivity contribution >= 4 is 16.9 Å². The average Bonchev–Trinajstić information content (AvgIpc) is 3.23. The van der Waals surface area contributed by atoms with Crippen molar-refractivity contribution in [2.24, 2.45) is 11.8 Å². The quantitative estimate of drug-likeness (QED) is 0.659. The third kappa shape index (κ3) is 4.30. The number of fused-ring (bicyclic) bond motifs is 1. The molecular weight excluding hydrogens is 402 g/mol. The zero-order chi connectivity index (χ0) is 21.9. The number of aromatic nitrogens is 2. The largest absolute Gasteiger partial charge is 0.388 e. The van der Waals surface area contributed by atoms with Gasteiger partial charge in [0.25, 0.3) is 5.91 Å². The Bertz CT molecular complexity index is 1050. The molecule has 3 heterocycles. The molecule has 1 aliphatic carbocycles. The molecular formula is C26H31N3O3. The number of carbonyl (C=O) groups is 1. The molecule has 1 atom stereocenters. The monoisotopic (exact) mass is 433 g/mol. The van der Waals surface area contributed by atoms with Crippen molar-refractivity contribution < 1.29 is 14.6 Å². The second-order valence-corrected chi connectivity index (χ2v) is 9.11. The second kappa shape index (κ2) is 9.43. The standard InChI is InChI=1S/C26H31N3O3/c30-25(20-5-2-1-3-6-20)21-10-8-19(9-11-21)17-29-18-22(24-23(29)7-4-12-27-24)26(31)28-13-15-32-16-14-28/h1-7,12,18-19,21,25,30H,8-11,13-17H2. The van der Waals surface area contributed by atoms with Crippen molar-refractivity contribution in [2.75, 3.05) is 26.3 Å². The van der Waals surface area contributed by atoms with Crippen LogP contribution in [0.1, 0.15) is 47.7 Å². The van der Waals surface area contributed by atoms with Gasteiger partial charge in [-0.3, -0.25) is 9.78 Å². The summed E-state index contributed by atoms with van der Waals surface area (Å²) in [6, 6.07) is 14.0. The topological polar surface area (TPSA) is 67.6 Å².